The molecular formula is C19H18N2O3S. The Morgan fingerprint density at radius 1 is 1.28 bits per heavy atom. The molecule has 0 aliphatic heterocycles. The Hall–Kier alpha value is -2.47. The van der Waals surface area contributed by atoms with Gasteiger partial charge in [0.1, 0.15) is 4.88 Å². The van der Waals surface area contributed by atoms with Crippen molar-refractivity contribution >= 4 is 28.2 Å². The van der Waals surface area contributed by atoms with E-state index in [9.17, 15) is 9.59 Å². The maximum absolute atomic E-state index is 12.5. The van der Waals surface area contributed by atoms with Gasteiger partial charge in [0, 0.05) is 4.88 Å². The number of thiophene rings is 1. The van der Waals surface area contributed by atoms with E-state index in [1.807, 2.05) is 12.1 Å². The van der Waals surface area contributed by atoms with Crippen molar-refractivity contribution < 1.29 is 9.53 Å². The van der Waals surface area contributed by atoms with Gasteiger partial charge < -0.3 is 9.72 Å². The van der Waals surface area contributed by atoms with Crippen molar-refractivity contribution in [3.8, 4) is 0 Å². The quantitative estimate of drug-likeness (QED) is 0.727. The van der Waals surface area contributed by atoms with Gasteiger partial charge in [0.05, 0.1) is 10.9 Å². The highest BCUT2D eigenvalue weighted by Gasteiger charge is 2.21. The van der Waals surface area contributed by atoms with E-state index >= 15 is 0 Å². The molecule has 0 bridgehead atoms. The van der Waals surface area contributed by atoms with Crippen LogP contribution in [0.25, 0.3) is 10.9 Å². The highest BCUT2D eigenvalue weighted by Crippen LogP contribution is 2.30. The Morgan fingerprint density at radius 3 is 2.92 bits per heavy atom. The molecule has 5 nitrogen and oxygen atoms in total. The van der Waals surface area contributed by atoms with Crippen LogP contribution in [0.5, 0.6) is 0 Å². The summed E-state index contributed by atoms with van der Waals surface area (Å²) in [5, 5.41) is 0.524. The molecule has 1 atom stereocenters. The summed E-state index contributed by atoms with van der Waals surface area (Å²) in [5.41, 5.74) is 1.64. The summed E-state index contributed by atoms with van der Waals surface area (Å²) in [6.45, 7) is 1.72. The lowest BCUT2D eigenvalue weighted by molar-refractivity contribution is 0.0326. The second-order valence-corrected chi connectivity index (χ2v) is 7.42. The summed E-state index contributed by atoms with van der Waals surface area (Å²) in [6.07, 6.45) is 3.82. The monoisotopic (exact) mass is 354 g/mol. The molecule has 2 aromatic heterocycles. The molecule has 1 aromatic carbocycles. The summed E-state index contributed by atoms with van der Waals surface area (Å²) in [6, 6.07) is 9.06. The van der Waals surface area contributed by atoms with E-state index in [1.54, 1.807) is 25.1 Å². The number of rotatable bonds is 3. The van der Waals surface area contributed by atoms with E-state index in [1.165, 1.54) is 34.6 Å². The summed E-state index contributed by atoms with van der Waals surface area (Å²) < 4.78 is 5.54. The molecule has 1 aliphatic carbocycles. The van der Waals surface area contributed by atoms with Gasteiger partial charge in [-0.1, -0.05) is 12.1 Å². The minimum Gasteiger partial charge on any atom is -0.450 e. The third kappa shape index (κ3) is 3.09. The normalized spacial score (nSPS) is 14.9. The molecule has 0 unspecified atom stereocenters. The summed E-state index contributed by atoms with van der Waals surface area (Å²) >= 11 is 1.52. The third-order valence-electron chi connectivity index (χ3n) is 4.50. The number of nitrogens with one attached hydrogen (secondary N) is 1. The van der Waals surface area contributed by atoms with Gasteiger partial charge in [-0.15, -0.1) is 11.3 Å². The number of esters is 1. The molecular weight excluding hydrogens is 336 g/mol. The van der Waals surface area contributed by atoms with E-state index in [0.29, 0.717) is 21.6 Å². The predicted molar refractivity (Wildman–Crippen MR) is 97.2 cm³/mol. The second kappa shape index (κ2) is 6.44. The zero-order valence-corrected chi connectivity index (χ0v) is 14.7. The molecule has 0 fully saturated rings. The van der Waals surface area contributed by atoms with Crippen molar-refractivity contribution in [3.63, 3.8) is 0 Å². The number of hydrogen-bond acceptors (Lipinski definition) is 5. The Bertz CT molecular complexity index is 982. The molecule has 4 rings (SSSR count). The number of nitrogens with zero attached hydrogens (tertiary/aromatic N) is 1. The van der Waals surface area contributed by atoms with E-state index in [4.69, 9.17) is 4.74 Å². The van der Waals surface area contributed by atoms with Crippen LogP contribution in [0.1, 0.15) is 51.8 Å². The van der Waals surface area contributed by atoms with Crippen LogP contribution >= 0.6 is 11.3 Å². The molecule has 2 heterocycles. The van der Waals surface area contributed by atoms with Crippen LogP contribution in [0.15, 0.2) is 35.1 Å². The smallest absolute Gasteiger partial charge is 0.349 e. The minimum atomic E-state index is -0.621. The van der Waals surface area contributed by atoms with Crippen LogP contribution in [0, 0.1) is 0 Å². The second-order valence-electron chi connectivity index (χ2n) is 6.28. The van der Waals surface area contributed by atoms with Gasteiger partial charge in [0.15, 0.2) is 11.9 Å². The first-order valence-electron chi connectivity index (χ1n) is 8.43. The fraction of sp³-hybridized carbons (Fsp3) is 0.316. The van der Waals surface area contributed by atoms with Gasteiger partial charge in [-0.3, -0.25) is 4.79 Å². The molecule has 1 aliphatic rings. The number of carbonyl (C=O) groups is 1. The highest BCUT2D eigenvalue weighted by atomic mass is 32.1. The molecule has 0 radical (unpaired) electrons. The van der Waals surface area contributed by atoms with E-state index < -0.39 is 6.10 Å². The lowest BCUT2D eigenvalue weighted by atomic mass is 9.99. The van der Waals surface area contributed by atoms with E-state index in [2.05, 4.69) is 9.97 Å². The van der Waals surface area contributed by atoms with Crippen LogP contribution in [0.4, 0.5) is 0 Å². The average Bonchev–Trinajstić information content (AvgIpc) is 3.06. The molecule has 0 spiro atoms. The molecule has 25 heavy (non-hydrogen) atoms. The third-order valence-corrected chi connectivity index (χ3v) is 5.71. The number of para-hydroxylation sites is 1. The first-order valence-corrected chi connectivity index (χ1v) is 9.25. The number of aromatic amines is 1. The number of hydrogen-bond donors (Lipinski definition) is 1. The van der Waals surface area contributed by atoms with Crippen molar-refractivity contribution in [3.05, 3.63) is 61.8 Å². The lowest BCUT2D eigenvalue weighted by Gasteiger charge is -2.12. The van der Waals surface area contributed by atoms with E-state index in [-0.39, 0.29) is 11.5 Å². The van der Waals surface area contributed by atoms with Gasteiger partial charge in [0.25, 0.3) is 5.56 Å². The Morgan fingerprint density at radius 2 is 2.08 bits per heavy atom. The molecule has 0 saturated heterocycles. The van der Waals surface area contributed by atoms with Crippen molar-refractivity contribution in [1.82, 2.24) is 9.97 Å². The zero-order chi connectivity index (χ0) is 17.4. The van der Waals surface area contributed by atoms with E-state index in [0.717, 1.165) is 12.8 Å². The first kappa shape index (κ1) is 16.0. The molecule has 3 aromatic rings. The van der Waals surface area contributed by atoms with Crippen LogP contribution in [-0.2, 0) is 17.6 Å². The Labute approximate surface area is 148 Å². The highest BCUT2D eigenvalue weighted by molar-refractivity contribution is 7.14. The topological polar surface area (TPSA) is 72.0 Å². The number of aryl methyl sites for hydroxylation is 2. The summed E-state index contributed by atoms with van der Waals surface area (Å²) in [4.78, 5) is 33.7. The Balaban J connectivity index is 1.57. The maximum atomic E-state index is 12.5. The number of ether oxygens (including phenoxy) is 1. The molecule has 128 valence electrons. The maximum Gasteiger partial charge on any atom is 0.349 e. The van der Waals surface area contributed by atoms with Crippen molar-refractivity contribution in [2.75, 3.05) is 0 Å². The van der Waals surface area contributed by atoms with Gasteiger partial charge in [-0.2, -0.15) is 0 Å². The fourth-order valence-electron chi connectivity index (χ4n) is 3.16. The molecule has 6 heteroatoms. The molecule has 0 amide bonds. The van der Waals surface area contributed by atoms with Gasteiger partial charge in [-0.25, -0.2) is 9.78 Å². The van der Waals surface area contributed by atoms with Crippen molar-refractivity contribution in [2.45, 2.75) is 38.7 Å². The average molecular weight is 354 g/mol. The molecule has 1 N–H and O–H groups in total. The molecule has 0 saturated carbocycles. The number of H-pyrrole nitrogens is 1. The van der Waals surface area contributed by atoms with Gasteiger partial charge in [0.2, 0.25) is 0 Å². The predicted octanol–water partition coefficient (Wildman–Crippen LogP) is 3.78. The van der Waals surface area contributed by atoms with Gasteiger partial charge >= 0.3 is 5.97 Å². The minimum absolute atomic E-state index is 0.227. The largest absolute Gasteiger partial charge is 0.450 e. The first-order chi connectivity index (χ1) is 12.1. The van der Waals surface area contributed by atoms with Crippen LogP contribution in [0.2, 0.25) is 0 Å². The Kier molecular flexibility index (Phi) is 4.13. The number of aromatic nitrogens is 2. The van der Waals surface area contributed by atoms with Crippen LogP contribution in [0.3, 0.4) is 0 Å². The summed E-state index contributed by atoms with van der Waals surface area (Å²) in [7, 11) is 0. The number of carbonyl (C=O) groups excluding carboxylic acids is 1. The standard InChI is InChI=1S/C19H18N2O3S/c1-11(17-20-14-8-4-3-7-13(14)18(22)21-17)24-19(23)16-10-12-6-2-5-9-15(12)25-16/h3-4,7-8,10-11H,2,5-6,9H2,1H3,(H,20,21,22)/t11-/m1/s1. The van der Waals surface area contributed by atoms with Crippen molar-refractivity contribution in [1.29, 1.82) is 0 Å². The lowest BCUT2D eigenvalue weighted by Crippen LogP contribution is -2.17. The van der Waals surface area contributed by atoms with Crippen LogP contribution in [-0.4, -0.2) is 15.9 Å². The fourth-order valence-corrected chi connectivity index (χ4v) is 4.30. The van der Waals surface area contributed by atoms with Gasteiger partial charge in [-0.05, 0) is 56.4 Å². The number of fused-ring (bicyclic) bond motifs is 2. The van der Waals surface area contributed by atoms with Crippen LogP contribution < -0.4 is 5.56 Å². The van der Waals surface area contributed by atoms with Crippen molar-refractivity contribution in [2.24, 2.45) is 0 Å². The zero-order valence-electron chi connectivity index (χ0n) is 13.9. The summed E-state index contributed by atoms with van der Waals surface area (Å²) in [5.74, 6) is 0.000997. The number of benzene rings is 1. The SMILES string of the molecule is C[C@@H](OC(=O)c1cc2c(s1)CCCC2)c1nc2ccccc2c(=O)[nH]1.